The molecule has 0 amide bonds. The Balaban J connectivity index is 3.79. The van der Waals surface area contributed by atoms with Gasteiger partial charge in [-0.3, -0.25) is 0 Å². The van der Waals surface area contributed by atoms with Gasteiger partial charge in [0.1, 0.15) is 0 Å². The Morgan fingerprint density at radius 3 is 2.04 bits per heavy atom. The SMILES string of the molecule is CC=C(CCC(C)CCCCC(C)(C)CCCCC)CC(C)C. The molecule has 23 heavy (non-hydrogen) atoms. The van der Waals surface area contributed by atoms with E-state index < -0.39 is 0 Å². The molecule has 0 saturated heterocycles. The van der Waals surface area contributed by atoms with E-state index in [-0.39, 0.29) is 0 Å². The Morgan fingerprint density at radius 2 is 1.52 bits per heavy atom. The highest BCUT2D eigenvalue weighted by Crippen LogP contribution is 2.31. The second kappa shape index (κ2) is 13.1. The lowest BCUT2D eigenvalue weighted by Gasteiger charge is -2.25. The molecule has 138 valence electrons. The van der Waals surface area contributed by atoms with Crippen LogP contribution < -0.4 is 0 Å². The molecule has 0 rings (SSSR count). The van der Waals surface area contributed by atoms with Gasteiger partial charge in [-0.25, -0.2) is 0 Å². The zero-order chi connectivity index (χ0) is 17.7. The van der Waals surface area contributed by atoms with E-state index in [1.807, 2.05) is 0 Å². The maximum absolute atomic E-state index is 2.47. The summed E-state index contributed by atoms with van der Waals surface area (Å²) in [6.45, 7) is 16.6. The number of hydrogen-bond donors (Lipinski definition) is 0. The van der Waals surface area contributed by atoms with Crippen molar-refractivity contribution in [1.29, 1.82) is 0 Å². The zero-order valence-electron chi connectivity index (χ0n) is 17.5. The molecule has 1 unspecified atom stereocenters. The number of hydrogen-bond acceptors (Lipinski definition) is 0. The fourth-order valence-electron chi connectivity index (χ4n) is 3.54. The maximum atomic E-state index is 2.47. The van der Waals surface area contributed by atoms with Crippen molar-refractivity contribution in [1.82, 2.24) is 0 Å². The molecule has 0 fully saturated rings. The predicted octanol–water partition coefficient (Wildman–Crippen LogP) is 8.56. The van der Waals surface area contributed by atoms with E-state index in [1.54, 1.807) is 5.57 Å². The fraction of sp³-hybridized carbons (Fsp3) is 0.913. The van der Waals surface area contributed by atoms with Gasteiger partial charge in [0, 0.05) is 0 Å². The van der Waals surface area contributed by atoms with Crippen molar-refractivity contribution >= 4 is 0 Å². The normalized spacial score (nSPS) is 14.5. The van der Waals surface area contributed by atoms with Crippen LogP contribution in [0.4, 0.5) is 0 Å². The fourth-order valence-corrected chi connectivity index (χ4v) is 3.54. The summed E-state index contributed by atoms with van der Waals surface area (Å²) >= 11 is 0. The van der Waals surface area contributed by atoms with Crippen LogP contribution in [0.25, 0.3) is 0 Å². The molecular formula is C23H46. The Labute approximate surface area is 148 Å². The Bertz CT molecular complexity index is 295. The number of rotatable bonds is 14. The minimum absolute atomic E-state index is 0.563. The van der Waals surface area contributed by atoms with Crippen molar-refractivity contribution in [3.05, 3.63) is 11.6 Å². The molecule has 0 heterocycles. The quantitative estimate of drug-likeness (QED) is 0.222. The Kier molecular flexibility index (Phi) is 12.9. The molecule has 0 aliphatic heterocycles. The van der Waals surface area contributed by atoms with Crippen LogP contribution in [0.2, 0.25) is 0 Å². The van der Waals surface area contributed by atoms with Crippen LogP contribution in [0.3, 0.4) is 0 Å². The van der Waals surface area contributed by atoms with E-state index >= 15 is 0 Å². The molecule has 0 radical (unpaired) electrons. The number of allylic oxidation sites excluding steroid dienone is 2. The first-order chi connectivity index (χ1) is 10.8. The summed E-state index contributed by atoms with van der Waals surface area (Å²) in [5.74, 6) is 1.69. The Hall–Kier alpha value is -0.260. The molecule has 0 aromatic carbocycles. The van der Waals surface area contributed by atoms with Crippen molar-refractivity contribution in [2.45, 2.75) is 119 Å². The third-order valence-corrected chi connectivity index (χ3v) is 5.29. The van der Waals surface area contributed by atoms with Crippen LogP contribution in [0, 0.1) is 17.3 Å². The van der Waals surface area contributed by atoms with E-state index in [1.165, 1.54) is 70.6 Å². The van der Waals surface area contributed by atoms with Gasteiger partial charge in [-0.05, 0) is 56.3 Å². The highest BCUT2D eigenvalue weighted by atomic mass is 14.2. The van der Waals surface area contributed by atoms with E-state index in [4.69, 9.17) is 0 Å². The lowest BCUT2D eigenvalue weighted by Crippen LogP contribution is -2.11. The smallest absolute Gasteiger partial charge is 0.0297 e. The molecule has 1 atom stereocenters. The first kappa shape index (κ1) is 22.7. The van der Waals surface area contributed by atoms with Crippen molar-refractivity contribution in [3.63, 3.8) is 0 Å². The summed E-state index contributed by atoms with van der Waals surface area (Å²) < 4.78 is 0. The van der Waals surface area contributed by atoms with E-state index in [0.29, 0.717) is 5.41 Å². The summed E-state index contributed by atoms with van der Waals surface area (Å²) in [7, 11) is 0. The van der Waals surface area contributed by atoms with Crippen LogP contribution in [0.5, 0.6) is 0 Å². The highest BCUT2D eigenvalue weighted by molar-refractivity contribution is 5.00. The Morgan fingerprint density at radius 1 is 0.913 bits per heavy atom. The zero-order valence-corrected chi connectivity index (χ0v) is 17.5. The average Bonchev–Trinajstić information content (AvgIpc) is 2.47. The summed E-state index contributed by atoms with van der Waals surface area (Å²) in [5, 5.41) is 0. The van der Waals surface area contributed by atoms with Gasteiger partial charge in [-0.1, -0.05) is 91.7 Å². The molecule has 0 aromatic heterocycles. The van der Waals surface area contributed by atoms with Gasteiger partial charge in [-0.15, -0.1) is 0 Å². The molecule has 0 N–H and O–H groups in total. The third kappa shape index (κ3) is 13.8. The van der Waals surface area contributed by atoms with Crippen molar-refractivity contribution in [2.75, 3.05) is 0 Å². The van der Waals surface area contributed by atoms with Gasteiger partial charge in [0.05, 0.1) is 0 Å². The first-order valence-electron chi connectivity index (χ1n) is 10.4. The first-order valence-corrected chi connectivity index (χ1v) is 10.4. The van der Waals surface area contributed by atoms with Crippen LogP contribution in [0.15, 0.2) is 11.6 Å². The van der Waals surface area contributed by atoms with Gasteiger partial charge in [0.15, 0.2) is 0 Å². The summed E-state index contributed by atoms with van der Waals surface area (Å²) in [5.41, 5.74) is 2.23. The standard InChI is InChI=1S/C23H46/c1-8-10-12-17-23(6,7)18-13-11-14-21(5)15-16-22(9-2)19-20(3)4/h9,20-21H,8,10-19H2,1-7H3. The molecule has 0 heteroatoms. The number of unbranched alkanes of at least 4 members (excludes halogenated alkanes) is 3. The minimum atomic E-state index is 0.563. The second-order valence-electron chi connectivity index (χ2n) is 9.06. The molecule has 0 aliphatic carbocycles. The highest BCUT2D eigenvalue weighted by Gasteiger charge is 2.16. The summed E-state index contributed by atoms with van der Waals surface area (Å²) in [6.07, 6.45) is 17.6. The third-order valence-electron chi connectivity index (χ3n) is 5.29. The lowest BCUT2D eigenvalue weighted by molar-refractivity contribution is 0.280. The van der Waals surface area contributed by atoms with E-state index in [0.717, 1.165) is 11.8 Å². The topological polar surface area (TPSA) is 0 Å². The second-order valence-corrected chi connectivity index (χ2v) is 9.06. The van der Waals surface area contributed by atoms with Crippen LogP contribution >= 0.6 is 0 Å². The molecule has 0 saturated carbocycles. The van der Waals surface area contributed by atoms with Gasteiger partial charge < -0.3 is 0 Å². The van der Waals surface area contributed by atoms with Crippen molar-refractivity contribution < 1.29 is 0 Å². The van der Waals surface area contributed by atoms with Crippen molar-refractivity contribution in [3.8, 4) is 0 Å². The maximum Gasteiger partial charge on any atom is -0.0297 e. The van der Waals surface area contributed by atoms with E-state index in [9.17, 15) is 0 Å². The van der Waals surface area contributed by atoms with Crippen LogP contribution in [-0.2, 0) is 0 Å². The molecule has 0 spiro atoms. The van der Waals surface area contributed by atoms with Gasteiger partial charge >= 0.3 is 0 Å². The molecular weight excluding hydrogens is 276 g/mol. The van der Waals surface area contributed by atoms with Crippen molar-refractivity contribution in [2.24, 2.45) is 17.3 Å². The monoisotopic (exact) mass is 322 g/mol. The largest absolute Gasteiger partial charge is 0.0884 e. The van der Waals surface area contributed by atoms with E-state index in [2.05, 4.69) is 54.5 Å². The molecule has 0 aromatic rings. The predicted molar refractivity (Wildman–Crippen MR) is 108 cm³/mol. The summed E-state index contributed by atoms with van der Waals surface area (Å²) in [6, 6.07) is 0. The van der Waals surface area contributed by atoms with Crippen LogP contribution in [0.1, 0.15) is 119 Å². The molecule has 0 bridgehead atoms. The van der Waals surface area contributed by atoms with Gasteiger partial charge in [0.25, 0.3) is 0 Å². The van der Waals surface area contributed by atoms with Gasteiger partial charge in [-0.2, -0.15) is 0 Å². The lowest BCUT2D eigenvalue weighted by atomic mass is 9.81. The molecule has 0 aliphatic rings. The minimum Gasteiger partial charge on any atom is -0.0884 e. The molecule has 0 nitrogen and oxygen atoms in total. The summed E-state index contributed by atoms with van der Waals surface area (Å²) in [4.78, 5) is 0. The van der Waals surface area contributed by atoms with Crippen LogP contribution in [-0.4, -0.2) is 0 Å². The average molecular weight is 323 g/mol. The van der Waals surface area contributed by atoms with Gasteiger partial charge in [0.2, 0.25) is 0 Å².